The van der Waals surface area contributed by atoms with Crippen molar-refractivity contribution >= 4 is 6.09 Å². The van der Waals surface area contributed by atoms with Gasteiger partial charge in [-0.1, -0.05) is 26.2 Å². The lowest BCUT2D eigenvalue weighted by molar-refractivity contribution is 0.205. The van der Waals surface area contributed by atoms with Gasteiger partial charge in [0.2, 0.25) is 0 Å². The van der Waals surface area contributed by atoms with E-state index in [9.17, 15) is 0 Å². The number of carboxylic acid groups (broad SMARTS) is 1. The molecule has 1 amide bonds. The van der Waals surface area contributed by atoms with Gasteiger partial charge < -0.3 is 15.9 Å². The minimum Gasteiger partial charge on any atom is -0.465 e. The standard InChI is InChI=1S/C6H14O.CH3NO2/c1-2-3-4-5-6-7;2-1(3)4/h7H,2-6H2,1H3;2H2,(H,3,4). The fourth-order valence-electron chi connectivity index (χ4n) is 0.539. The second kappa shape index (κ2) is 12.0. The molecule has 0 aliphatic carbocycles. The summed E-state index contributed by atoms with van der Waals surface area (Å²) < 4.78 is 0. The Kier molecular flexibility index (Phi) is 14.0. The van der Waals surface area contributed by atoms with Crippen LogP contribution in [0.25, 0.3) is 0 Å². The van der Waals surface area contributed by atoms with E-state index in [1.807, 2.05) is 0 Å². The second-order valence-electron chi connectivity index (χ2n) is 2.12. The molecular weight excluding hydrogens is 146 g/mol. The van der Waals surface area contributed by atoms with Gasteiger partial charge in [-0.05, 0) is 6.42 Å². The molecule has 0 aliphatic rings. The van der Waals surface area contributed by atoms with Crippen molar-refractivity contribution in [3.8, 4) is 0 Å². The van der Waals surface area contributed by atoms with Crippen molar-refractivity contribution < 1.29 is 15.0 Å². The lowest BCUT2D eigenvalue weighted by Crippen LogP contribution is -2.03. The molecule has 4 nitrogen and oxygen atoms in total. The molecule has 0 atom stereocenters. The molecule has 0 rings (SSSR count). The highest BCUT2D eigenvalue weighted by Gasteiger charge is 1.80. The average molecular weight is 163 g/mol. The van der Waals surface area contributed by atoms with Crippen LogP contribution in [0.4, 0.5) is 4.79 Å². The van der Waals surface area contributed by atoms with Crippen molar-refractivity contribution in [3.05, 3.63) is 0 Å². The summed E-state index contributed by atoms with van der Waals surface area (Å²) in [6.45, 7) is 2.53. The smallest absolute Gasteiger partial charge is 0.402 e. The van der Waals surface area contributed by atoms with Gasteiger partial charge in [0.05, 0.1) is 0 Å². The van der Waals surface area contributed by atoms with Crippen LogP contribution in [0.3, 0.4) is 0 Å². The highest BCUT2D eigenvalue weighted by molar-refractivity contribution is 5.61. The van der Waals surface area contributed by atoms with Gasteiger partial charge in [0.15, 0.2) is 0 Å². The molecule has 0 aromatic carbocycles. The van der Waals surface area contributed by atoms with Crippen molar-refractivity contribution in [1.82, 2.24) is 0 Å². The van der Waals surface area contributed by atoms with Crippen molar-refractivity contribution in [2.24, 2.45) is 5.73 Å². The molecule has 0 saturated heterocycles. The summed E-state index contributed by atoms with van der Waals surface area (Å²) in [5.41, 5.74) is 4.03. The first-order valence-electron chi connectivity index (χ1n) is 3.74. The topological polar surface area (TPSA) is 83.5 Å². The minimum atomic E-state index is -1.33. The van der Waals surface area contributed by atoms with E-state index in [-0.39, 0.29) is 0 Å². The molecule has 68 valence electrons. The first-order chi connectivity index (χ1) is 5.15. The largest absolute Gasteiger partial charge is 0.465 e. The van der Waals surface area contributed by atoms with E-state index in [2.05, 4.69) is 12.7 Å². The van der Waals surface area contributed by atoms with Gasteiger partial charge in [-0.2, -0.15) is 0 Å². The lowest BCUT2D eigenvalue weighted by Gasteiger charge is -1.90. The zero-order chi connectivity index (χ0) is 9.11. The quantitative estimate of drug-likeness (QED) is 0.544. The van der Waals surface area contributed by atoms with Crippen molar-refractivity contribution in [2.75, 3.05) is 6.61 Å². The molecule has 0 bridgehead atoms. The van der Waals surface area contributed by atoms with Crippen molar-refractivity contribution in [3.63, 3.8) is 0 Å². The predicted molar refractivity (Wildman–Crippen MR) is 43.4 cm³/mol. The molecule has 4 heteroatoms. The van der Waals surface area contributed by atoms with E-state index < -0.39 is 6.09 Å². The minimum absolute atomic E-state index is 0.361. The van der Waals surface area contributed by atoms with Crippen LogP contribution in [0.1, 0.15) is 32.6 Å². The Labute approximate surface area is 67.0 Å². The second-order valence-corrected chi connectivity index (χ2v) is 2.12. The molecule has 0 aromatic heterocycles. The first-order valence-corrected chi connectivity index (χ1v) is 3.74. The number of rotatable bonds is 4. The maximum atomic E-state index is 8.78. The average Bonchev–Trinajstić information content (AvgIpc) is 1.88. The van der Waals surface area contributed by atoms with Crippen molar-refractivity contribution in [1.29, 1.82) is 0 Å². The van der Waals surface area contributed by atoms with Gasteiger partial charge in [-0.25, -0.2) is 4.79 Å². The Hall–Kier alpha value is -0.770. The van der Waals surface area contributed by atoms with Crippen LogP contribution < -0.4 is 5.73 Å². The highest BCUT2D eigenvalue weighted by atomic mass is 16.4. The summed E-state index contributed by atoms with van der Waals surface area (Å²) in [5, 5.41) is 15.5. The molecule has 0 saturated carbocycles. The Morgan fingerprint density at radius 2 is 1.82 bits per heavy atom. The van der Waals surface area contributed by atoms with Crippen molar-refractivity contribution in [2.45, 2.75) is 32.6 Å². The Morgan fingerprint density at radius 3 is 2.09 bits per heavy atom. The molecular formula is C7H17NO3. The van der Waals surface area contributed by atoms with E-state index in [1.165, 1.54) is 19.3 Å². The van der Waals surface area contributed by atoms with E-state index in [4.69, 9.17) is 15.0 Å². The number of nitrogens with two attached hydrogens (primary N) is 1. The van der Waals surface area contributed by atoms with Crippen LogP contribution in [0, 0.1) is 0 Å². The van der Waals surface area contributed by atoms with Gasteiger partial charge in [-0.3, -0.25) is 0 Å². The molecule has 11 heavy (non-hydrogen) atoms. The van der Waals surface area contributed by atoms with Crippen LogP contribution >= 0.6 is 0 Å². The zero-order valence-electron chi connectivity index (χ0n) is 6.92. The van der Waals surface area contributed by atoms with Gasteiger partial charge in [0.25, 0.3) is 0 Å². The maximum absolute atomic E-state index is 8.78. The zero-order valence-corrected chi connectivity index (χ0v) is 6.92. The molecule has 0 spiro atoms. The summed E-state index contributed by atoms with van der Waals surface area (Å²) in [6.07, 6.45) is 3.35. The Bertz CT molecular complexity index is 77.8. The monoisotopic (exact) mass is 163 g/mol. The van der Waals surface area contributed by atoms with Crippen LogP contribution in [0.15, 0.2) is 0 Å². The molecule has 0 heterocycles. The molecule has 0 radical (unpaired) electrons. The van der Waals surface area contributed by atoms with Crippen LogP contribution in [0.2, 0.25) is 0 Å². The van der Waals surface area contributed by atoms with E-state index in [1.54, 1.807) is 0 Å². The summed E-state index contributed by atoms with van der Waals surface area (Å²) in [7, 11) is 0. The summed E-state index contributed by atoms with van der Waals surface area (Å²) in [5.74, 6) is 0. The third-order valence-corrected chi connectivity index (χ3v) is 1.01. The fourth-order valence-corrected chi connectivity index (χ4v) is 0.539. The number of unbranched alkanes of at least 4 members (excludes halogenated alkanes) is 3. The number of aliphatic hydroxyl groups is 1. The lowest BCUT2D eigenvalue weighted by atomic mass is 10.2. The first kappa shape index (κ1) is 12.9. The number of amides is 1. The van der Waals surface area contributed by atoms with Crippen LogP contribution in [-0.4, -0.2) is 22.9 Å². The van der Waals surface area contributed by atoms with Gasteiger partial charge in [0, 0.05) is 6.61 Å². The Morgan fingerprint density at radius 1 is 1.36 bits per heavy atom. The fraction of sp³-hybridized carbons (Fsp3) is 0.857. The van der Waals surface area contributed by atoms with Crippen LogP contribution in [0.5, 0.6) is 0 Å². The summed E-state index contributed by atoms with van der Waals surface area (Å²) in [6, 6.07) is 0. The number of hydrogen-bond acceptors (Lipinski definition) is 2. The maximum Gasteiger partial charge on any atom is 0.402 e. The molecule has 0 fully saturated rings. The summed E-state index contributed by atoms with van der Waals surface area (Å²) >= 11 is 0. The van der Waals surface area contributed by atoms with Gasteiger partial charge in [0.1, 0.15) is 0 Å². The number of carbonyl (C=O) groups is 1. The summed E-state index contributed by atoms with van der Waals surface area (Å²) in [4.78, 5) is 8.78. The number of primary amides is 1. The number of aliphatic hydroxyl groups excluding tert-OH is 1. The molecule has 4 N–H and O–H groups in total. The highest BCUT2D eigenvalue weighted by Crippen LogP contribution is 1.95. The predicted octanol–water partition coefficient (Wildman–Crippen LogP) is 1.18. The molecule has 0 unspecified atom stereocenters. The van der Waals surface area contributed by atoms with Crippen LogP contribution in [-0.2, 0) is 0 Å². The van der Waals surface area contributed by atoms with E-state index >= 15 is 0 Å². The third-order valence-electron chi connectivity index (χ3n) is 1.01. The SMILES string of the molecule is CCCCCCO.NC(=O)O. The number of hydrogen-bond donors (Lipinski definition) is 3. The van der Waals surface area contributed by atoms with E-state index in [0.717, 1.165) is 6.42 Å². The Balaban J connectivity index is 0. The third kappa shape index (κ3) is 46.2. The van der Waals surface area contributed by atoms with Gasteiger partial charge in [-0.15, -0.1) is 0 Å². The van der Waals surface area contributed by atoms with Gasteiger partial charge >= 0.3 is 6.09 Å². The van der Waals surface area contributed by atoms with E-state index in [0.29, 0.717) is 6.61 Å². The molecule has 0 aromatic rings. The normalized spacial score (nSPS) is 8.18. The molecule has 0 aliphatic heterocycles.